The van der Waals surface area contributed by atoms with E-state index in [9.17, 15) is 9.18 Å². The minimum atomic E-state index is -0.483. The van der Waals surface area contributed by atoms with Crippen molar-refractivity contribution in [3.05, 3.63) is 35.8 Å². The summed E-state index contributed by atoms with van der Waals surface area (Å²) in [6.45, 7) is 0.839. The molecule has 0 aromatic carbocycles. The fourth-order valence-electron chi connectivity index (χ4n) is 3.45. The molecule has 0 bridgehead atoms. The summed E-state index contributed by atoms with van der Waals surface area (Å²) in [7, 11) is 1.74. The van der Waals surface area contributed by atoms with Gasteiger partial charge in [0, 0.05) is 30.7 Å². The predicted molar refractivity (Wildman–Crippen MR) is 111 cm³/mol. The van der Waals surface area contributed by atoms with Crippen molar-refractivity contribution in [2.45, 2.75) is 12.5 Å². The van der Waals surface area contributed by atoms with Crippen molar-refractivity contribution in [2.24, 2.45) is 11.8 Å². The number of alkyl halides is 1. The number of carbonyl (C=O) groups is 1. The van der Waals surface area contributed by atoms with Gasteiger partial charge in [-0.1, -0.05) is 11.8 Å². The minimum absolute atomic E-state index is 0.192. The van der Waals surface area contributed by atoms with Gasteiger partial charge in [0.25, 0.3) is 0 Å². The number of fused-ring (bicyclic) bond motifs is 1. The first-order chi connectivity index (χ1) is 15.2. The molecule has 2 aliphatic rings. The molecule has 1 amide bonds. The molecule has 2 atom stereocenters. The van der Waals surface area contributed by atoms with E-state index in [-0.39, 0.29) is 23.8 Å². The number of ether oxygens (including phenoxy) is 1. The lowest BCUT2D eigenvalue weighted by atomic mass is 10.1. The number of rotatable bonds is 5. The van der Waals surface area contributed by atoms with Gasteiger partial charge < -0.3 is 15.4 Å². The number of hydrogen-bond acceptors (Lipinski definition) is 7. The fourth-order valence-corrected chi connectivity index (χ4v) is 3.45. The van der Waals surface area contributed by atoms with Crippen LogP contribution in [0.3, 0.4) is 0 Å². The number of amides is 1. The van der Waals surface area contributed by atoms with Crippen LogP contribution in [0.1, 0.15) is 23.6 Å². The van der Waals surface area contributed by atoms with Crippen LogP contribution in [0.5, 0.6) is 0 Å². The van der Waals surface area contributed by atoms with Gasteiger partial charge in [-0.2, -0.15) is 5.10 Å². The molecule has 1 saturated heterocycles. The van der Waals surface area contributed by atoms with Crippen LogP contribution in [-0.2, 0) is 9.53 Å². The van der Waals surface area contributed by atoms with Crippen LogP contribution in [0.2, 0.25) is 0 Å². The molecule has 158 valence electrons. The Balaban J connectivity index is 1.44. The third-order valence-electron chi connectivity index (χ3n) is 5.51. The lowest BCUT2D eigenvalue weighted by Crippen LogP contribution is -2.30. The second-order valence-corrected chi connectivity index (χ2v) is 7.66. The van der Waals surface area contributed by atoms with Gasteiger partial charge in [0.1, 0.15) is 5.52 Å². The van der Waals surface area contributed by atoms with E-state index in [0.717, 1.165) is 5.56 Å². The SMILES string of the molecule is CNc1ncc(C#Cc2cnn(C3COC3)c2)c2cc(NC(=O)[C@H]3C[C@H]3CF)nnc12. The first-order valence-corrected chi connectivity index (χ1v) is 10.0. The predicted octanol–water partition coefficient (Wildman–Crippen LogP) is 1.78. The number of nitrogens with one attached hydrogen (secondary N) is 2. The highest BCUT2D eigenvalue weighted by Crippen LogP contribution is 2.39. The molecule has 1 saturated carbocycles. The van der Waals surface area contributed by atoms with Crippen molar-refractivity contribution in [1.29, 1.82) is 0 Å². The van der Waals surface area contributed by atoms with Crippen LogP contribution in [0, 0.1) is 23.7 Å². The van der Waals surface area contributed by atoms with Crippen LogP contribution in [-0.4, -0.2) is 57.8 Å². The van der Waals surface area contributed by atoms with Crippen LogP contribution in [0.15, 0.2) is 24.7 Å². The number of hydrogen-bond donors (Lipinski definition) is 2. The average molecular weight is 421 g/mol. The van der Waals surface area contributed by atoms with E-state index in [1.807, 2.05) is 10.9 Å². The average Bonchev–Trinajstić information content (AvgIpc) is 3.41. The maximum Gasteiger partial charge on any atom is 0.229 e. The van der Waals surface area contributed by atoms with Crippen LogP contribution in [0.25, 0.3) is 10.9 Å². The van der Waals surface area contributed by atoms with Crippen molar-refractivity contribution < 1.29 is 13.9 Å². The van der Waals surface area contributed by atoms with Crippen molar-refractivity contribution in [1.82, 2.24) is 25.0 Å². The molecule has 9 nitrogen and oxygen atoms in total. The molecule has 10 heteroatoms. The smallest absolute Gasteiger partial charge is 0.229 e. The maximum atomic E-state index is 12.7. The van der Waals surface area contributed by atoms with Gasteiger partial charge in [-0.3, -0.25) is 13.9 Å². The first-order valence-electron chi connectivity index (χ1n) is 10.0. The second-order valence-electron chi connectivity index (χ2n) is 7.66. The highest BCUT2D eigenvalue weighted by atomic mass is 19.1. The fraction of sp³-hybridized carbons (Fsp3) is 0.381. The summed E-state index contributed by atoms with van der Waals surface area (Å²) in [5.41, 5.74) is 1.97. The molecule has 1 aliphatic heterocycles. The molecular weight excluding hydrogens is 401 g/mol. The number of pyridine rings is 1. The van der Waals surface area contributed by atoms with E-state index in [4.69, 9.17) is 4.74 Å². The van der Waals surface area contributed by atoms with Crippen LogP contribution >= 0.6 is 0 Å². The first kappa shape index (κ1) is 19.4. The van der Waals surface area contributed by atoms with Gasteiger partial charge >= 0.3 is 0 Å². The van der Waals surface area contributed by atoms with Gasteiger partial charge in [0.15, 0.2) is 11.6 Å². The van der Waals surface area contributed by atoms with E-state index >= 15 is 0 Å². The molecule has 5 rings (SSSR count). The molecular formula is C21H20FN7O2. The Morgan fingerprint density at radius 1 is 1.32 bits per heavy atom. The highest BCUT2D eigenvalue weighted by molar-refractivity contribution is 5.97. The molecule has 0 spiro atoms. The number of nitrogens with zero attached hydrogens (tertiary/aromatic N) is 5. The molecule has 3 aromatic rings. The lowest BCUT2D eigenvalue weighted by molar-refractivity contribution is -0.117. The Labute approximate surface area is 177 Å². The van der Waals surface area contributed by atoms with E-state index < -0.39 is 6.67 Å². The Hall–Kier alpha value is -3.58. The zero-order valence-electron chi connectivity index (χ0n) is 16.8. The summed E-state index contributed by atoms with van der Waals surface area (Å²) in [6.07, 6.45) is 5.82. The van der Waals surface area contributed by atoms with E-state index in [1.165, 1.54) is 0 Å². The van der Waals surface area contributed by atoms with Gasteiger partial charge in [-0.05, 0) is 18.4 Å². The normalized spacial score (nSPS) is 19.9. The second kappa shape index (κ2) is 7.92. The topological polar surface area (TPSA) is 107 Å². The summed E-state index contributed by atoms with van der Waals surface area (Å²) in [5, 5.41) is 19.1. The summed E-state index contributed by atoms with van der Waals surface area (Å²) in [6, 6.07) is 1.98. The lowest BCUT2D eigenvalue weighted by Gasteiger charge is -2.25. The Morgan fingerprint density at radius 3 is 2.90 bits per heavy atom. The van der Waals surface area contributed by atoms with Crippen molar-refractivity contribution in [3.8, 4) is 11.8 Å². The van der Waals surface area contributed by atoms with Gasteiger partial charge in [0.05, 0.1) is 43.3 Å². The summed E-state index contributed by atoms with van der Waals surface area (Å²) < 4.78 is 19.8. The van der Waals surface area contributed by atoms with Gasteiger partial charge in [-0.15, -0.1) is 10.2 Å². The third-order valence-corrected chi connectivity index (χ3v) is 5.51. The molecule has 3 aromatic heterocycles. The number of anilines is 2. The summed E-state index contributed by atoms with van der Waals surface area (Å²) >= 11 is 0. The van der Waals surface area contributed by atoms with Crippen molar-refractivity contribution in [3.63, 3.8) is 0 Å². The molecule has 0 radical (unpaired) electrons. The largest absolute Gasteiger partial charge is 0.377 e. The van der Waals surface area contributed by atoms with Crippen LogP contribution < -0.4 is 10.6 Å². The number of aromatic nitrogens is 5. The van der Waals surface area contributed by atoms with E-state index in [1.54, 1.807) is 25.5 Å². The van der Waals surface area contributed by atoms with Gasteiger partial charge in [0.2, 0.25) is 5.91 Å². The highest BCUT2D eigenvalue weighted by Gasteiger charge is 2.43. The van der Waals surface area contributed by atoms with Crippen molar-refractivity contribution >= 4 is 28.4 Å². The van der Waals surface area contributed by atoms with E-state index in [2.05, 4.69) is 42.8 Å². The minimum Gasteiger partial charge on any atom is -0.377 e. The molecule has 4 heterocycles. The number of carbonyl (C=O) groups excluding carboxylic acids is 1. The monoisotopic (exact) mass is 421 g/mol. The third kappa shape index (κ3) is 3.80. The Bertz CT molecular complexity index is 1210. The van der Waals surface area contributed by atoms with Gasteiger partial charge in [-0.25, -0.2) is 4.98 Å². The summed E-state index contributed by atoms with van der Waals surface area (Å²) in [5.74, 6) is 6.35. The molecule has 1 aliphatic carbocycles. The molecule has 2 N–H and O–H groups in total. The van der Waals surface area contributed by atoms with Crippen molar-refractivity contribution in [2.75, 3.05) is 37.6 Å². The van der Waals surface area contributed by atoms with E-state index in [0.29, 0.717) is 47.7 Å². The Morgan fingerprint density at radius 2 is 2.19 bits per heavy atom. The number of halogens is 1. The Kier molecular flexibility index (Phi) is 4.95. The standard InChI is InChI=1S/C21H20FN7O2/c1-23-20-19-16(5-18(27-28-19)26-21(30)17-4-14(17)6-22)13(8-24-20)3-2-12-7-25-29(9-12)15-10-31-11-15/h5,7-9,14-15,17H,4,6,10-11H2,1H3,(H,23,24)(H,26,27,30)/t14-,17-/m0/s1. The zero-order chi connectivity index (χ0) is 21.4. The molecule has 0 unspecified atom stereocenters. The molecule has 2 fully saturated rings. The molecule has 31 heavy (non-hydrogen) atoms. The summed E-state index contributed by atoms with van der Waals surface area (Å²) in [4.78, 5) is 16.6. The quantitative estimate of drug-likeness (QED) is 0.605. The zero-order valence-corrected chi connectivity index (χ0v) is 16.8. The van der Waals surface area contributed by atoms with Crippen LogP contribution in [0.4, 0.5) is 16.0 Å². The maximum absolute atomic E-state index is 12.7.